The number of hydrogen-bond donors (Lipinski definition) is 5. The number of aliphatic hydroxyl groups is 2. The summed E-state index contributed by atoms with van der Waals surface area (Å²) >= 11 is 5.31. The van der Waals surface area contributed by atoms with Crippen LogP contribution in [0.1, 0.15) is 52.4 Å². The van der Waals surface area contributed by atoms with Crippen LogP contribution in [0.3, 0.4) is 0 Å². The van der Waals surface area contributed by atoms with Crippen LogP contribution < -0.4 is 16.0 Å². The Bertz CT molecular complexity index is 889. The Morgan fingerprint density at radius 2 is 1.45 bits per heavy atom. The van der Waals surface area contributed by atoms with Gasteiger partial charge in [0.15, 0.2) is 17.2 Å². The van der Waals surface area contributed by atoms with Crippen molar-refractivity contribution in [1.29, 1.82) is 0 Å². The number of carbonyl (C=O) groups excluding carboxylic acids is 1. The monoisotopic (exact) mass is 615 g/mol. The second-order valence-electron chi connectivity index (χ2n) is 13.0. The topological polar surface area (TPSA) is 149 Å². The zero-order valence-electron chi connectivity index (χ0n) is 24.9. The standard InChI is InChI=1S/C29H49N3O9S/c1-28(2)40-24-22(34)23(39-25(24)41-28)21(17-33)32-27(42)31-4-6-37-8-10-38-9-7-36-5-3-30-26(35)29-14-18-11-19(15-29)13-20(12-18)16-29/h18-25,33-34H,3-17H2,1-2H3,(H,30,35)(H2,31,32,42)/t18?,19?,20?,21-,22+,23-,24-,25-,29?/m1/s1. The Hall–Kier alpha value is -1.16. The van der Waals surface area contributed by atoms with Gasteiger partial charge in [-0.3, -0.25) is 4.79 Å². The minimum atomic E-state index is -0.963. The molecular formula is C29H49N3O9S. The molecule has 13 heteroatoms. The molecule has 42 heavy (non-hydrogen) atoms. The maximum absolute atomic E-state index is 12.9. The molecule has 0 spiro atoms. The van der Waals surface area contributed by atoms with E-state index in [0.29, 0.717) is 57.8 Å². The van der Waals surface area contributed by atoms with Crippen molar-refractivity contribution >= 4 is 23.2 Å². The summed E-state index contributed by atoms with van der Waals surface area (Å²) in [6.07, 6.45) is 4.25. The molecule has 2 heterocycles. The molecule has 2 saturated heterocycles. The molecule has 0 unspecified atom stereocenters. The molecule has 4 saturated carbocycles. The molecule has 6 rings (SSSR count). The van der Waals surface area contributed by atoms with Crippen LogP contribution in [0.4, 0.5) is 0 Å². The first-order valence-electron chi connectivity index (χ1n) is 15.5. The molecule has 4 bridgehead atoms. The first kappa shape index (κ1) is 32.2. The maximum atomic E-state index is 12.9. The molecule has 0 radical (unpaired) electrons. The molecule has 0 aromatic heterocycles. The van der Waals surface area contributed by atoms with Crippen LogP contribution in [-0.4, -0.2) is 117 Å². The number of ether oxygens (including phenoxy) is 6. The van der Waals surface area contributed by atoms with Crippen molar-refractivity contribution in [3.05, 3.63) is 0 Å². The van der Waals surface area contributed by atoms with E-state index >= 15 is 0 Å². The van der Waals surface area contributed by atoms with Crippen LogP contribution in [0.25, 0.3) is 0 Å². The third-order valence-corrected chi connectivity index (χ3v) is 9.55. The van der Waals surface area contributed by atoms with Crippen molar-refractivity contribution in [3.8, 4) is 0 Å². The number of rotatable bonds is 16. The first-order chi connectivity index (χ1) is 20.2. The van der Waals surface area contributed by atoms with Gasteiger partial charge in [-0.25, -0.2) is 0 Å². The smallest absolute Gasteiger partial charge is 0.226 e. The summed E-state index contributed by atoms with van der Waals surface area (Å²) in [7, 11) is 0. The molecule has 12 nitrogen and oxygen atoms in total. The zero-order valence-corrected chi connectivity index (χ0v) is 25.7. The van der Waals surface area contributed by atoms with E-state index < -0.39 is 36.4 Å². The summed E-state index contributed by atoms with van der Waals surface area (Å²) in [6.45, 7) is 6.94. The number of aliphatic hydroxyl groups excluding tert-OH is 2. The minimum absolute atomic E-state index is 0.104. The summed E-state index contributed by atoms with van der Waals surface area (Å²) in [5.41, 5.74) is -0.104. The van der Waals surface area contributed by atoms with Gasteiger partial charge < -0.3 is 54.6 Å². The van der Waals surface area contributed by atoms with E-state index in [2.05, 4.69) is 16.0 Å². The third kappa shape index (κ3) is 7.91. The third-order valence-electron chi connectivity index (χ3n) is 9.29. The van der Waals surface area contributed by atoms with E-state index in [0.717, 1.165) is 37.0 Å². The molecule has 0 aromatic carbocycles. The van der Waals surface area contributed by atoms with E-state index in [1.54, 1.807) is 13.8 Å². The highest BCUT2D eigenvalue weighted by Gasteiger charge is 2.56. The lowest BCUT2D eigenvalue weighted by atomic mass is 9.49. The molecule has 5 N–H and O–H groups in total. The Kier molecular flexibility index (Phi) is 11.0. The van der Waals surface area contributed by atoms with Crippen LogP contribution in [0.2, 0.25) is 0 Å². The van der Waals surface area contributed by atoms with Crippen molar-refractivity contribution in [2.24, 2.45) is 23.2 Å². The van der Waals surface area contributed by atoms with Crippen LogP contribution in [0.15, 0.2) is 0 Å². The largest absolute Gasteiger partial charge is 0.394 e. The molecule has 2 aliphatic heterocycles. The summed E-state index contributed by atoms with van der Waals surface area (Å²) < 4.78 is 33.9. The number of fused-ring (bicyclic) bond motifs is 1. The van der Waals surface area contributed by atoms with Gasteiger partial charge in [-0.2, -0.15) is 0 Å². The Morgan fingerprint density at radius 1 is 0.905 bits per heavy atom. The van der Waals surface area contributed by atoms with Gasteiger partial charge in [-0.1, -0.05) is 0 Å². The Balaban J connectivity index is 0.828. The van der Waals surface area contributed by atoms with Gasteiger partial charge in [-0.05, 0) is 82.3 Å². The number of nitrogens with one attached hydrogen (secondary N) is 3. The lowest BCUT2D eigenvalue weighted by molar-refractivity contribution is -0.218. The maximum Gasteiger partial charge on any atom is 0.226 e. The molecule has 5 atom stereocenters. The van der Waals surface area contributed by atoms with Crippen molar-refractivity contribution in [2.45, 2.75) is 88.8 Å². The number of thiocarbonyl (C=S) groups is 1. The van der Waals surface area contributed by atoms with Gasteiger partial charge in [0.1, 0.15) is 18.3 Å². The van der Waals surface area contributed by atoms with E-state index in [1.165, 1.54) is 19.3 Å². The zero-order chi connectivity index (χ0) is 29.7. The molecule has 1 amide bonds. The lowest BCUT2D eigenvalue weighted by Crippen LogP contribution is -2.54. The van der Waals surface area contributed by atoms with Crippen molar-refractivity contribution in [1.82, 2.24) is 16.0 Å². The summed E-state index contributed by atoms with van der Waals surface area (Å²) in [6, 6.07) is -0.629. The lowest BCUT2D eigenvalue weighted by Gasteiger charge is -2.55. The highest BCUT2D eigenvalue weighted by molar-refractivity contribution is 7.80. The highest BCUT2D eigenvalue weighted by atomic mass is 32.1. The quantitative estimate of drug-likeness (QED) is 0.121. The predicted molar refractivity (Wildman–Crippen MR) is 155 cm³/mol. The summed E-state index contributed by atoms with van der Waals surface area (Å²) in [5.74, 6) is 1.72. The summed E-state index contributed by atoms with van der Waals surface area (Å²) in [4.78, 5) is 12.9. The molecule has 6 aliphatic rings. The van der Waals surface area contributed by atoms with Gasteiger partial charge in [0.25, 0.3) is 0 Å². The van der Waals surface area contributed by atoms with Gasteiger partial charge >= 0.3 is 0 Å². The van der Waals surface area contributed by atoms with Gasteiger partial charge in [0.2, 0.25) is 5.91 Å². The normalized spacial score (nSPS) is 36.5. The molecule has 4 aliphatic carbocycles. The van der Waals surface area contributed by atoms with Crippen LogP contribution >= 0.6 is 12.2 Å². The fraction of sp³-hybridized carbons (Fsp3) is 0.931. The van der Waals surface area contributed by atoms with Crippen molar-refractivity contribution in [2.75, 3.05) is 59.3 Å². The van der Waals surface area contributed by atoms with Crippen LogP contribution in [-0.2, 0) is 33.2 Å². The van der Waals surface area contributed by atoms with Gasteiger partial charge in [-0.15, -0.1) is 0 Å². The Morgan fingerprint density at radius 3 is 2.00 bits per heavy atom. The Labute approximate surface area is 253 Å². The minimum Gasteiger partial charge on any atom is -0.394 e. The summed E-state index contributed by atoms with van der Waals surface area (Å²) in [5, 5.41) is 29.9. The second kappa shape index (κ2) is 14.3. The predicted octanol–water partition coefficient (Wildman–Crippen LogP) is 0.431. The first-order valence-corrected chi connectivity index (χ1v) is 15.9. The van der Waals surface area contributed by atoms with E-state index in [4.69, 9.17) is 40.6 Å². The number of carbonyl (C=O) groups is 1. The highest BCUT2D eigenvalue weighted by Crippen LogP contribution is 2.60. The van der Waals surface area contributed by atoms with Gasteiger partial charge in [0, 0.05) is 18.5 Å². The molecule has 6 fully saturated rings. The fourth-order valence-electron chi connectivity index (χ4n) is 7.89. The average Bonchev–Trinajstić information content (AvgIpc) is 3.40. The second-order valence-corrected chi connectivity index (χ2v) is 13.4. The molecule has 240 valence electrons. The molecule has 0 aromatic rings. The van der Waals surface area contributed by atoms with Crippen LogP contribution in [0, 0.1) is 23.2 Å². The van der Waals surface area contributed by atoms with Crippen molar-refractivity contribution < 1.29 is 43.4 Å². The fourth-order valence-corrected chi connectivity index (χ4v) is 8.15. The van der Waals surface area contributed by atoms with E-state index in [9.17, 15) is 15.0 Å². The van der Waals surface area contributed by atoms with E-state index in [-0.39, 0.29) is 17.9 Å². The van der Waals surface area contributed by atoms with E-state index in [1.807, 2.05) is 0 Å². The van der Waals surface area contributed by atoms with Crippen molar-refractivity contribution in [3.63, 3.8) is 0 Å². The number of amides is 1. The molecular weight excluding hydrogens is 566 g/mol. The average molecular weight is 616 g/mol. The van der Waals surface area contributed by atoms with Gasteiger partial charge in [0.05, 0.1) is 52.3 Å². The number of hydrogen-bond acceptors (Lipinski definition) is 10. The SMILES string of the molecule is CC1(C)O[C@H]2O[C@H]([C@@H](CO)NC(=S)NCCOCCOCCOCCNC(=O)C34CC5CC(CC(C5)C3)C4)[C@H](O)[C@H]2O1. The van der Waals surface area contributed by atoms with Crippen LogP contribution in [0.5, 0.6) is 0 Å².